The maximum Gasteiger partial charge on any atom is 0.296 e. The summed E-state index contributed by atoms with van der Waals surface area (Å²) in [4.78, 5) is 12.0. The highest BCUT2D eigenvalue weighted by molar-refractivity contribution is 7.17. The molecule has 3 rings (SSSR count). The summed E-state index contributed by atoms with van der Waals surface area (Å²) in [5.74, 6) is -0.101. The summed E-state index contributed by atoms with van der Waals surface area (Å²) in [6.45, 7) is 1.92. The number of benzene rings is 1. The molecular weight excluding hydrogens is 300 g/mol. The standard InChI is InChI=1S/C15H18N4O2S/c20-13(10-11-4-2-1-3-5-11)17-14-18-19-15(22-14)21-12-6-8-16-9-7-12/h1-5,12,16H,6-10H2,(H,17,18,20). The van der Waals surface area contributed by atoms with E-state index in [0.717, 1.165) is 31.5 Å². The van der Waals surface area contributed by atoms with E-state index in [9.17, 15) is 4.79 Å². The zero-order chi connectivity index (χ0) is 15.2. The van der Waals surface area contributed by atoms with Crippen molar-refractivity contribution in [1.29, 1.82) is 0 Å². The first-order valence-corrected chi connectivity index (χ1v) is 8.16. The number of carbonyl (C=O) groups is 1. The summed E-state index contributed by atoms with van der Waals surface area (Å²) >= 11 is 1.27. The van der Waals surface area contributed by atoms with Gasteiger partial charge in [-0.25, -0.2) is 0 Å². The van der Waals surface area contributed by atoms with E-state index >= 15 is 0 Å². The topological polar surface area (TPSA) is 76.1 Å². The molecule has 6 nitrogen and oxygen atoms in total. The third-order valence-corrected chi connectivity index (χ3v) is 4.14. The van der Waals surface area contributed by atoms with Crippen LogP contribution in [0.5, 0.6) is 5.19 Å². The first-order valence-electron chi connectivity index (χ1n) is 7.34. The average Bonchev–Trinajstić information content (AvgIpc) is 2.96. The Morgan fingerprint density at radius 1 is 1.27 bits per heavy atom. The third-order valence-electron chi connectivity index (χ3n) is 3.41. The fourth-order valence-corrected chi connectivity index (χ4v) is 2.99. The Hall–Kier alpha value is -1.99. The van der Waals surface area contributed by atoms with Gasteiger partial charge >= 0.3 is 0 Å². The van der Waals surface area contributed by atoms with Gasteiger partial charge in [0.05, 0.1) is 6.42 Å². The van der Waals surface area contributed by atoms with Crippen LogP contribution in [0.3, 0.4) is 0 Å². The molecule has 1 amide bonds. The Labute approximate surface area is 132 Å². The molecule has 116 valence electrons. The smallest absolute Gasteiger partial charge is 0.296 e. The molecule has 0 aliphatic carbocycles. The third kappa shape index (κ3) is 4.25. The molecule has 0 bridgehead atoms. The van der Waals surface area contributed by atoms with E-state index in [1.165, 1.54) is 11.3 Å². The maximum absolute atomic E-state index is 12.0. The van der Waals surface area contributed by atoms with Crippen LogP contribution in [-0.2, 0) is 11.2 Å². The Balaban J connectivity index is 1.51. The second kappa shape index (κ2) is 7.33. The van der Waals surface area contributed by atoms with Crippen molar-refractivity contribution in [3.63, 3.8) is 0 Å². The maximum atomic E-state index is 12.0. The van der Waals surface area contributed by atoms with Gasteiger partial charge in [0.1, 0.15) is 6.10 Å². The molecule has 1 saturated heterocycles. The Bertz CT molecular complexity index is 611. The number of anilines is 1. The second-order valence-corrected chi connectivity index (χ2v) is 6.09. The summed E-state index contributed by atoms with van der Waals surface area (Å²) in [6.07, 6.45) is 2.44. The summed E-state index contributed by atoms with van der Waals surface area (Å²) in [7, 11) is 0. The van der Waals surface area contributed by atoms with E-state index in [-0.39, 0.29) is 12.0 Å². The van der Waals surface area contributed by atoms with E-state index in [2.05, 4.69) is 20.8 Å². The minimum atomic E-state index is -0.101. The predicted octanol–water partition coefficient (Wildman–Crippen LogP) is 1.85. The molecular formula is C15H18N4O2S. The van der Waals surface area contributed by atoms with E-state index in [0.29, 0.717) is 16.7 Å². The van der Waals surface area contributed by atoms with Gasteiger partial charge in [-0.05, 0) is 42.8 Å². The molecule has 0 radical (unpaired) electrons. The van der Waals surface area contributed by atoms with Gasteiger partial charge in [0.15, 0.2) is 0 Å². The lowest BCUT2D eigenvalue weighted by molar-refractivity contribution is -0.115. The molecule has 1 aliphatic heterocycles. The van der Waals surface area contributed by atoms with Gasteiger partial charge in [0.25, 0.3) is 5.19 Å². The minimum absolute atomic E-state index is 0.101. The first kappa shape index (κ1) is 14.9. The summed E-state index contributed by atoms with van der Waals surface area (Å²) in [5, 5.41) is 15.0. The number of ether oxygens (including phenoxy) is 1. The Morgan fingerprint density at radius 3 is 2.82 bits per heavy atom. The molecule has 1 aromatic carbocycles. The number of piperidine rings is 1. The second-order valence-electron chi connectivity index (χ2n) is 5.15. The number of amides is 1. The SMILES string of the molecule is O=C(Cc1ccccc1)Nc1nnc(OC2CCNCC2)s1. The van der Waals surface area contributed by atoms with Crippen LogP contribution in [-0.4, -0.2) is 35.3 Å². The van der Waals surface area contributed by atoms with Gasteiger partial charge < -0.3 is 15.4 Å². The number of nitrogens with one attached hydrogen (secondary N) is 2. The Kier molecular flexibility index (Phi) is 4.97. The van der Waals surface area contributed by atoms with Crippen molar-refractivity contribution < 1.29 is 9.53 Å². The van der Waals surface area contributed by atoms with Crippen LogP contribution in [0.2, 0.25) is 0 Å². The van der Waals surface area contributed by atoms with Crippen molar-refractivity contribution in [2.45, 2.75) is 25.4 Å². The lowest BCUT2D eigenvalue weighted by Gasteiger charge is -2.21. The fourth-order valence-electron chi connectivity index (χ4n) is 2.31. The number of hydrogen-bond acceptors (Lipinski definition) is 6. The fraction of sp³-hybridized carbons (Fsp3) is 0.400. The molecule has 0 atom stereocenters. The minimum Gasteiger partial charge on any atom is -0.465 e. The highest BCUT2D eigenvalue weighted by Gasteiger charge is 2.17. The summed E-state index contributed by atoms with van der Waals surface area (Å²) < 4.78 is 5.79. The molecule has 2 heterocycles. The van der Waals surface area contributed by atoms with Crippen LogP contribution in [0, 0.1) is 0 Å². The molecule has 7 heteroatoms. The zero-order valence-corrected chi connectivity index (χ0v) is 12.9. The van der Waals surface area contributed by atoms with Crippen molar-refractivity contribution in [3.8, 4) is 5.19 Å². The molecule has 1 aliphatic rings. The molecule has 0 unspecified atom stereocenters. The van der Waals surface area contributed by atoms with Crippen molar-refractivity contribution >= 4 is 22.4 Å². The average molecular weight is 318 g/mol. The van der Waals surface area contributed by atoms with Gasteiger partial charge in [-0.15, -0.1) is 5.10 Å². The molecule has 2 N–H and O–H groups in total. The normalized spacial score (nSPS) is 15.5. The quantitative estimate of drug-likeness (QED) is 0.880. The number of carbonyl (C=O) groups excluding carboxylic acids is 1. The molecule has 22 heavy (non-hydrogen) atoms. The molecule has 0 spiro atoms. The number of hydrogen-bond donors (Lipinski definition) is 2. The van der Waals surface area contributed by atoms with Crippen LogP contribution in [0.25, 0.3) is 0 Å². The molecule has 2 aromatic rings. The highest BCUT2D eigenvalue weighted by atomic mass is 32.1. The van der Waals surface area contributed by atoms with Crippen molar-refractivity contribution in [1.82, 2.24) is 15.5 Å². The molecule has 1 fully saturated rings. The van der Waals surface area contributed by atoms with Crippen molar-refractivity contribution in [3.05, 3.63) is 35.9 Å². The van der Waals surface area contributed by atoms with Gasteiger partial charge in [-0.3, -0.25) is 4.79 Å². The van der Waals surface area contributed by atoms with E-state index < -0.39 is 0 Å². The zero-order valence-electron chi connectivity index (χ0n) is 12.1. The van der Waals surface area contributed by atoms with Crippen molar-refractivity contribution in [2.75, 3.05) is 18.4 Å². The van der Waals surface area contributed by atoms with Gasteiger partial charge in [0.2, 0.25) is 11.0 Å². The number of rotatable bonds is 5. The van der Waals surface area contributed by atoms with Crippen LogP contribution < -0.4 is 15.4 Å². The molecule has 0 saturated carbocycles. The van der Waals surface area contributed by atoms with Gasteiger partial charge in [-0.2, -0.15) is 0 Å². The van der Waals surface area contributed by atoms with E-state index in [1.54, 1.807) is 0 Å². The summed E-state index contributed by atoms with van der Waals surface area (Å²) in [6, 6.07) is 9.60. The van der Waals surface area contributed by atoms with Crippen LogP contribution in [0.1, 0.15) is 18.4 Å². The highest BCUT2D eigenvalue weighted by Crippen LogP contribution is 2.25. The van der Waals surface area contributed by atoms with Crippen LogP contribution in [0.4, 0.5) is 5.13 Å². The lowest BCUT2D eigenvalue weighted by Crippen LogP contribution is -2.34. The van der Waals surface area contributed by atoms with Crippen LogP contribution in [0.15, 0.2) is 30.3 Å². The van der Waals surface area contributed by atoms with Crippen molar-refractivity contribution in [2.24, 2.45) is 0 Å². The van der Waals surface area contributed by atoms with Crippen LogP contribution >= 0.6 is 11.3 Å². The predicted molar refractivity (Wildman–Crippen MR) is 85.2 cm³/mol. The Morgan fingerprint density at radius 2 is 2.05 bits per heavy atom. The van der Waals surface area contributed by atoms with Gasteiger partial charge in [0, 0.05) is 0 Å². The van der Waals surface area contributed by atoms with Gasteiger partial charge in [-0.1, -0.05) is 35.4 Å². The summed E-state index contributed by atoms with van der Waals surface area (Å²) in [5.41, 5.74) is 0.968. The van der Waals surface area contributed by atoms with E-state index in [1.807, 2.05) is 30.3 Å². The van der Waals surface area contributed by atoms with E-state index in [4.69, 9.17) is 4.74 Å². The lowest BCUT2D eigenvalue weighted by atomic mass is 10.1. The number of aromatic nitrogens is 2. The largest absolute Gasteiger partial charge is 0.465 e. The molecule has 1 aromatic heterocycles. The number of nitrogens with zero attached hydrogens (tertiary/aromatic N) is 2. The monoisotopic (exact) mass is 318 g/mol. The first-order chi connectivity index (χ1) is 10.8.